The second-order valence-corrected chi connectivity index (χ2v) is 5.26. The Morgan fingerprint density at radius 2 is 2.00 bits per heavy atom. The number of hydrogen-bond acceptors (Lipinski definition) is 3. The molecule has 1 N–H and O–H groups in total. The van der Waals surface area contributed by atoms with Crippen molar-refractivity contribution in [1.29, 1.82) is 0 Å². The monoisotopic (exact) mass is 321 g/mol. The van der Waals surface area contributed by atoms with Crippen molar-refractivity contribution < 1.29 is 14.4 Å². The highest BCUT2D eigenvalue weighted by Gasteiger charge is 2.43. The Morgan fingerprint density at radius 3 is 2.59 bits per heavy atom. The van der Waals surface area contributed by atoms with E-state index in [4.69, 9.17) is 11.6 Å². The van der Waals surface area contributed by atoms with Crippen LogP contribution >= 0.6 is 11.6 Å². The summed E-state index contributed by atoms with van der Waals surface area (Å²) in [5.41, 5.74) is 0.559. The minimum absolute atomic E-state index is 0.283. The topological polar surface area (TPSA) is 69.7 Å². The lowest BCUT2D eigenvalue weighted by Gasteiger charge is -2.19. The lowest BCUT2D eigenvalue weighted by molar-refractivity contribution is -0.131. The van der Waals surface area contributed by atoms with Crippen LogP contribution in [0.25, 0.3) is 0 Å². The number of halogens is 1. The van der Waals surface area contributed by atoms with Gasteiger partial charge in [-0.2, -0.15) is 0 Å². The van der Waals surface area contributed by atoms with Crippen molar-refractivity contribution in [3.05, 3.63) is 41.9 Å². The molecule has 0 aromatic heterocycles. The van der Waals surface area contributed by atoms with Crippen LogP contribution in [-0.2, 0) is 9.59 Å². The molecule has 1 atom stereocenters. The summed E-state index contributed by atoms with van der Waals surface area (Å²) in [5, 5.41) is 3.08. The van der Waals surface area contributed by atoms with Crippen LogP contribution in [0.2, 0.25) is 5.02 Å². The molecule has 0 unspecified atom stereocenters. The van der Waals surface area contributed by atoms with Crippen LogP contribution in [0.3, 0.4) is 0 Å². The zero-order valence-corrected chi connectivity index (χ0v) is 12.8. The zero-order valence-electron chi connectivity index (χ0n) is 12.1. The van der Waals surface area contributed by atoms with Gasteiger partial charge in [0.1, 0.15) is 12.6 Å². The number of carbonyl (C=O) groups is 3. The summed E-state index contributed by atoms with van der Waals surface area (Å²) >= 11 is 5.82. The van der Waals surface area contributed by atoms with Crippen LogP contribution in [0.4, 0.5) is 10.5 Å². The minimum Gasteiger partial charge on any atom is -0.351 e. The lowest BCUT2D eigenvalue weighted by Crippen LogP contribution is -2.41. The van der Waals surface area contributed by atoms with E-state index in [1.54, 1.807) is 31.2 Å². The number of imide groups is 1. The Labute approximate surface area is 133 Å². The maximum atomic E-state index is 12.4. The van der Waals surface area contributed by atoms with Crippen molar-refractivity contribution in [2.45, 2.75) is 13.0 Å². The van der Waals surface area contributed by atoms with Crippen molar-refractivity contribution in [2.75, 3.05) is 18.0 Å². The number of anilines is 1. The zero-order chi connectivity index (χ0) is 16.3. The van der Waals surface area contributed by atoms with Gasteiger partial charge in [-0.15, -0.1) is 6.58 Å². The number of urea groups is 1. The standard InChI is InChI=1S/C15H16ClN3O3/c1-3-8-17-13(20)9-18-14(21)10(2)19(15(18)22)12-6-4-11(16)5-7-12/h3-7,10H,1,8-9H2,2H3,(H,17,20)/t10-/m1/s1. The van der Waals surface area contributed by atoms with Crippen LogP contribution in [0.1, 0.15) is 6.92 Å². The van der Waals surface area contributed by atoms with Gasteiger partial charge in [-0.1, -0.05) is 17.7 Å². The first-order chi connectivity index (χ1) is 10.5. The van der Waals surface area contributed by atoms with Crippen LogP contribution in [0.5, 0.6) is 0 Å². The van der Waals surface area contributed by atoms with Gasteiger partial charge in [-0.3, -0.25) is 19.4 Å². The minimum atomic E-state index is -0.666. The highest BCUT2D eigenvalue weighted by Crippen LogP contribution is 2.26. The fraction of sp³-hybridized carbons (Fsp3) is 0.267. The predicted octanol–water partition coefficient (Wildman–Crippen LogP) is 1.80. The summed E-state index contributed by atoms with van der Waals surface area (Å²) in [6.45, 7) is 5.08. The normalized spacial score (nSPS) is 17.8. The molecule has 0 radical (unpaired) electrons. The van der Waals surface area contributed by atoms with Crippen molar-refractivity contribution in [1.82, 2.24) is 10.2 Å². The SMILES string of the molecule is C=CCNC(=O)CN1C(=O)[C@@H](C)N(c2ccc(Cl)cc2)C1=O. The van der Waals surface area contributed by atoms with Crippen LogP contribution in [0.15, 0.2) is 36.9 Å². The van der Waals surface area contributed by atoms with E-state index in [0.717, 1.165) is 4.90 Å². The fourth-order valence-corrected chi connectivity index (χ4v) is 2.32. The second kappa shape index (κ2) is 6.62. The molecule has 1 heterocycles. The third-order valence-electron chi connectivity index (χ3n) is 3.30. The molecular formula is C15H16ClN3O3. The molecule has 2 rings (SSSR count). The molecule has 6 nitrogen and oxygen atoms in total. The Kier molecular flexibility index (Phi) is 4.82. The quantitative estimate of drug-likeness (QED) is 0.664. The lowest BCUT2D eigenvalue weighted by atomic mass is 10.2. The fourth-order valence-electron chi connectivity index (χ4n) is 2.19. The maximum absolute atomic E-state index is 12.4. The average Bonchev–Trinajstić information content (AvgIpc) is 2.70. The third kappa shape index (κ3) is 3.12. The van der Waals surface area contributed by atoms with Gasteiger partial charge in [0.15, 0.2) is 0 Å². The Bertz CT molecular complexity index is 615. The highest BCUT2D eigenvalue weighted by atomic mass is 35.5. The van der Waals surface area contributed by atoms with E-state index in [9.17, 15) is 14.4 Å². The molecule has 1 aromatic rings. The Morgan fingerprint density at radius 1 is 1.36 bits per heavy atom. The molecule has 1 fully saturated rings. The number of rotatable bonds is 5. The van der Waals surface area contributed by atoms with Crippen molar-refractivity contribution in [3.63, 3.8) is 0 Å². The van der Waals surface area contributed by atoms with Crippen LogP contribution in [-0.4, -0.2) is 41.9 Å². The van der Waals surface area contributed by atoms with E-state index in [0.29, 0.717) is 10.7 Å². The van der Waals surface area contributed by atoms with Gasteiger partial charge in [-0.05, 0) is 31.2 Å². The maximum Gasteiger partial charge on any atom is 0.332 e. The first-order valence-electron chi connectivity index (χ1n) is 6.73. The third-order valence-corrected chi connectivity index (χ3v) is 3.55. The molecule has 0 aliphatic carbocycles. The molecule has 116 valence electrons. The van der Waals surface area contributed by atoms with Gasteiger partial charge < -0.3 is 5.32 Å². The molecular weight excluding hydrogens is 306 g/mol. The summed E-state index contributed by atoms with van der Waals surface area (Å²) in [5.74, 6) is -0.819. The van der Waals surface area contributed by atoms with Crippen LogP contribution in [0, 0.1) is 0 Å². The molecule has 22 heavy (non-hydrogen) atoms. The second-order valence-electron chi connectivity index (χ2n) is 4.82. The number of benzene rings is 1. The Hall–Kier alpha value is -2.34. The summed E-state index contributed by atoms with van der Waals surface area (Å²) in [6.07, 6.45) is 1.52. The number of nitrogens with zero attached hydrogens (tertiary/aromatic N) is 2. The Balaban J connectivity index is 2.17. The summed E-state index contributed by atoms with van der Waals surface area (Å²) in [6, 6.07) is 5.41. The summed E-state index contributed by atoms with van der Waals surface area (Å²) in [7, 11) is 0. The largest absolute Gasteiger partial charge is 0.351 e. The molecule has 1 aliphatic heterocycles. The van der Waals surface area contributed by atoms with Gasteiger partial charge in [-0.25, -0.2) is 4.79 Å². The molecule has 1 aromatic carbocycles. The number of nitrogens with one attached hydrogen (secondary N) is 1. The molecule has 7 heteroatoms. The summed E-state index contributed by atoms with van der Waals surface area (Å²) in [4.78, 5) is 38.6. The number of amides is 4. The van der Waals surface area contributed by atoms with E-state index < -0.39 is 23.9 Å². The molecule has 0 bridgehead atoms. The van der Waals surface area contributed by atoms with E-state index >= 15 is 0 Å². The van der Waals surface area contributed by atoms with Crippen LogP contribution < -0.4 is 10.2 Å². The van der Waals surface area contributed by atoms with E-state index in [1.165, 1.54) is 11.0 Å². The first-order valence-corrected chi connectivity index (χ1v) is 7.11. The smallest absolute Gasteiger partial charge is 0.332 e. The molecule has 0 saturated carbocycles. The average molecular weight is 322 g/mol. The van der Waals surface area contributed by atoms with Gasteiger partial charge in [0.25, 0.3) is 5.91 Å². The molecule has 0 spiro atoms. The van der Waals surface area contributed by atoms with E-state index in [1.807, 2.05) is 0 Å². The molecule has 1 saturated heterocycles. The van der Waals surface area contributed by atoms with Crippen molar-refractivity contribution in [3.8, 4) is 0 Å². The van der Waals surface area contributed by atoms with E-state index in [2.05, 4.69) is 11.9 Å². The highest BCUT2D eigenvalue weighted by molar-refractivity contribution is 6.30. The van der Waals surface area contributed by atoms with E-state index in [-0.39, 0.29) is 13.1 Å². The van der Waals surface area contributed by atoms with Crippen molar-refractivity contribution >= 4 is 35.1 Å². The van der Waals surface area contributed by atoms with Gasteiger partial charge >= 0.3 is 6.03 Å². The molecule has 1 aliphatic rings. The molecule has 4 amide bonds. The summed E-state index contributed by atoms with van der Waals surface area (Å²) < 4.78 is 0. The predicted molar refractivity (Wildman–Crippen MR) is 83.7 cm³/mol. The number of hydrogen-bond donors (Lipinski definition) is 1. The first kappa shape index (κ1) is 16.0. The van der Waals surface area contributed by atoms with Gasteiger partial charge in [0.05, 0.1) is 0 Å². The van der Waals surface area contributed by atoms with Gasteiger partial charge in [0.2, 0.25) is 5.91 Å². The van der Waals surface area contributed by atoms with Gasteiger partial charge in [0, 0.05) is 17.3 Å². The number of carbonyl (C=O) groups excluding carboxylic acids is 3. The van der Waals surface area contributed by atoms with Crippen molar-refractivity contribution in [2.24, 2.45) is 0 Å².